The predicted octanol–water partition coefficient (Wildman–Crippen LogP) is 4.92. The zero-order valence-electron chi connectivity index (χ0n) is 13.1. The van der Waals surface area contributed by atoms with Crippen molar-refractivity contribution in [2.45, 2.75) is 45.7 Å². The second-order valence-corrected chi connectivity index (χ2v) is 6.38. The van der Waals surface area contributed by atoms with E-state index in [1.54, 1.807) is 0 Å². The summed E-state index contributed by atoms with van der Waals surface area (Å²) in [6.07, 6.45) is 2.10. The lowest BCUT2D eigenvalue weighted by molar-refractivity contribution is 0.0672. The summed E-state index contributed by atoms with van der Waals surface area (Å²) >= 11 is 6.32. The molecular formula is C18H20ClNO2. The molecule has 1 saturated carbocycles. The molecule has 1 aliphatic carbocycles. The van der Waals surface area contributed by atoms with Crippen molar-refractivity contribution in [1.29, 1.82) is 0 Å². The molecule has 0 aliphatic heterocycles. The first kappa shape index (κ1) is 15.2. The van der Waals surface area contributed by atoms with Gasteiger partial charge < -0.3 is 9.32 Å². The molecule has 0 N–H and O–H groups in total. The summed E-state index contributed by atoms with van der Waals surface area (Å²) in [5.41, 5.74) is 1.64. The summed E-state index contributed by atoms with van der Waals surface area (Å²) in [5, 5.41) is 0.702. The van der Waals surface area contributed by atoms with Crippen LogP contribution >= 0.6 is 11.6 Å². The average Bonchev–Trinajstić information content (AvgIpc) is 3.24. The minimum absolute atomic E-state index is 0.0317. The van der Waals surface area contributed by atoms with Gasteiger partial charge >= 0.3 is 0 Å². The quantitative estimate of drug-likeness (QED) is 0.802. The van der Waals surface area contributed by atoms with E-state index < -0.39 is 0 Å². The van der Waals surface area contributed by atoms with Crippen molar-refractivity contribution in [3.05, 3.63) is 58.0 Å². The van der Waals surface area contributed by atoms with Crippen molar-refractivity contribution in [2.75, 3.05) is 0 Å². The number of amides is 1. The lowest BCUT2D eigenvalue weighted by Crippen LogP contribution is -2.35. The molecule has 1 amide bonds. The molecule has 3 rings (SSSR count). The van der Waals surface area contributed by atoms with Crippen LogP contribution < -0.4 is 0 Å². The summed E-state index contributed by atoms with van der Waals surface area (Å²) in [4.78, 5) is 15.0. The van der Waals surface area contributed by atoms with Gasteiger partial charge in [0.1, 0.15) is 11.5 Å². The molecule has 0 radical (unpaired) electrons. The highest BCUT2D eigenvalue weighted by Crippen LogP contribution is 2.38. The average molecular weight is 318 g/mol. The minimum atomic E-state index is -0.0525. The molecule has 1 aliphatic rings. The van der Waals surface area contributed by atoms with Gasteiger partial charge in [-0.15, -0.1) is 0 Å². The van der Waals surface area contributed by atoms with Gasteiger partial charge in [-0.05, 0) is 51.3 Å². The fourth-order valence-electron chi connectivity index (χ4n) is 2.96. The van der Waals surface area contributed by atoms with Crippen molar-refractivity contribution in [3.8, 4) is 0 Å². The van der Waals surface area contributed by atoms with Gasteiger partial charge in [-0.3, -0.25) is 4.79 Å². The van der Waals surface area contributed by atoms with Gasteiger partial charge in [0.15, 0.2) is 0 Å². The highest BCUT2D eigenvalue weighted by Gasteiger charge is 2.38. The molecule has 22 heavy (non-hydrogen) atoms. The molecule has 0 bridgehead atoms. The number of carbonyl (C=O) groups is 1. The Morgan fingerprint density at radius 1 is 1.32 bits per heavy atom. The van der Waals surface area contributed by atoms with E-state index in [1.165, 1.54) is 0 Å². The van der Waals surface area contributed by atoms with E-state index in [0.717, 1.165) is 24.2 Å². The third kappa shape index (κ3) is 2.78. The summed E-state index contributed by atoms with van der Waals surface area (Å²) < 4.78 is 5.52. The lowest BCUT2D eigenvalue weighted by Gasteiger charge is -2.30. The van der Waals surface area contributed by atoms with Crippen LogP contribution in [-0.4, -0.2) is 16.8 Å². The predicted molar refractivity (Wildman–Crippen MR) is 87.2 cm³/mol. The van der Waals surface area contributed by atoms with Crippen molar-refractivity contribution in [2.24, 2.45) is 0 Å². The summed E-state index contributed by atoms with van der Waals surface area (Å²) in [6.45, 7) is 5.74. The lowest BCUT2D eigenvalue weighted by atomic mass is 10.1. The molecule has 0 saturated heterocycles. The molecule has 1 aromatic heterocycles. The van der Waals surface area contributed by atoms with Crippen LogP contribution in [0.25, 0.3) is 0 Å². The molecule has 1 heterocycles. The first-order valence-corrected chi connectivity index (χ1v) is 8.01. The van der Waals surface area contributed by atoms with Crippen LogP contribution in [0.3, 0.4) is 0 Å². The van der Waals surface area contributed by atoms with Crippen LogP contribution in [0.15, 0.2) is 34.7 Å². The Labute approximate surface area is 135 Å². The van der Waals surface area contributed by atoms with Crippen LogP contribution in [0.4, 0.5) is 0 Å². The van der Waals surface area contributed by atoms with Crippen LogP contribution in [-0.2, 0) is 0 Å². The standard InChI is InChI=1S/C18H20ClNO2/c1-11-10-16(13(3)22-11)18(21)20(14-8-9-14)12(2)15-6-4-5-7-17(15)19/h4-7,10,12,14H,8-9H2,1-3H3. The van der Waals surface area contributed by atoms with Crippen molar-refractivity contribution in [1.82, 2.24) is 4.90 Å². The number of rotatable bonds is 4. The Morgan fingerprint density at radius 3 is 2.55 bits per heavy atom. The minimum Gasteiger partial charge on any atom is -0.466 e. The van der Waals surface area contributed by atoms with Gasteiger partial charge in [-0.1, -0.05) is 29.8 Å². The Bertz CT molecular complexity index is 703. The second-order valence-electron chi connectivity index (χ2n) is 5.97. The summed E-state index contributed by atoms with van der Waals surface area (Å²) in [5.74, 6) is 1.48. The molecule has 1 fully saturated rings. The topological polar surface area (TPSA) is 33.5 Å². The Kier molecular flexibility index (Phi) is 4.00. The van der Waals surface area contributed by atoms with E-state index >= 15 is 0 Å². The Hall–Kier alpha value is -1.74. The van der Waals surface area contributed by atoms with Crippen LogP contribution in [0.2, 0.25) is 5.02 Å². The van der Waals surface area contributed by atoms with Crippen molar-refractivity contribution < 1.29 is 9.21 Å². The Balaban J connectivity index is 1.95. The maximum atomic E-state index is 13.0. The smallest absolute Gasteiger partial charge is 0.258 e. The molecule has 0 spiro atoms. The third-order valence-electron chi connectivity index (χ3n) is 4.22. The summed E-state index contributed by atoms with van der Waals surface area (Å²) in [7, 11) is 0. The van der Waals surface area contributed by atoms with Gasteiger partial charge in [0, 0.05) is 11.1 Å². The van der Waals surface area contributed by atoms with Crippen molar-refractivity contribution in [3.63, 3.8) is 0 Å². The number of benzene rings is 1. The molecule has 116 valence electrons. The second kappa shape index (κ2) is 5.81. The third-order valence-corrected chi connectivity index (χ3v) is 4.56. The highest BCUT2D eigenvalue weighted by atomic mass is 35.5. The van der Waals surface area contributed by atoms with E-state index in [-0.39, 0.29) is 11.9 Å². The van der Waals surface area contributed by atoms with E-state index in [1.807, 2.05) is 56.0 Å². The highest BCUT2D eigenvalue weighted by molar-refractivity contribution is 6.31. The van der Waals surface area contributed by atoms with Crippen LogP contribution in [0.5, 0.6) is 0 Å². The normalized spacial score (nSPS) is 15.6. The number of carbonyl (C=O) groups excluding carboxylic acids is 1. The molecule has 4 heteroatoms. The fourth-order valence-corrected chi connectivity index (χ4v) is 3.25. The maximum Gasteiger partial charge on any atom is 0.258 e. The first-order valence-electron chi connectivity index (χ1n) is 7.63. The number of nitrogens with zero attached hydrogens (tertiary/aromatic N) is 1. The van der Waals surface area contributed by atoms with Gasteiger partial charge in [0.2, 0.25) is 0 Å². The van der Waals surface area contributed by atoms with Gasteiger partial charge in [0.05, 0.1) is 11.6 Å². The SMILES string of the molecule is Cc1cc(C(=O)N(C2CC2)C(C)c2ccccc2Cl)c(C)o1. The number of hydrogen-bond acceptors (Lipinski definition) is 2. The van der Waals surface area contributed by atoms with E-state index in [4.69, 9.17) is 16.0 Å². The number of hydrogen-bond donors (Lipinski definition) is 0. The maximum absolute atomic E-state index is 13.0. The summed E-state index contributed by atoms with van der Waals surface area (Å²) in [6, 6.07) is 9.80. The van der Waals surface area contributed by atoms with E-state index in [2.05, 4.69) is 0 Å². The van der Waals surface area contributed by atoms with Crippen LogP contribution in [0.1, 0.15) is 53.2 Å². The fraction of sp³-hybridized carbons (Fsp3) is 0.389. The number of aryl methyl sites for hydroxylation is 2. The number of furan rings is 1. The van der Waals surface area contributed by atoms with E-state index in [0.29, 0.717) is 22.4 Å². The molecule has 1 aromatic carbocycles. The van der Waals surface area contributed by atoms with Crippen molar-refractivity contribution >= 4 is 17.5 Å². The van der Waals surface area contributed by atoms with E-state index in [9.17, 15) is 4.79 Å². The Morgan fingerprint density at radius 2 is 2.00 bits per heavy atom. The first-order chi connectivity index (χ1) is 10.5. The molecule has 3 nitrogen and oxygen atoms in total. The largest absolute Gasteiger partial charge is 0.466 e. The zero-order valence-corrected chi connectivity index (χ0v) is 13.9. The van der Waals surface area contributed by atoms with Gasteiger partial charge in [0.25, 0.3) is 5.91 Å². The van der Waals surface area contributed by atoms with Crippen LogP contribution in [0, 0.1) is 13.8 Å². The molecule has 2 aromatic rings. The monoisotopic (exact) mass is 317 g/mol. The number of halogens is 1. The molecule has 1 unspecified atom stereocenters. The van der Waals surface area contributed by atoms with Gasteiger partial charge in [-0.2, -0.15) is 0 Å². The zero-order chi connectivity index (χ0) is 15.9. The molecule has 1 atom stereocenters. The molecular weight excluding hydrogens is 298 g/mol. The van der Waals surface area contributed by atoms with Gasteiger partial charge in [-0.25, -0.2) is 0 Å².